The molecule has 182 valence electrons. The van der Waals surface area contributed by atoms with Crippen molar-refractivity contribution in [3.8, 4) is 17.4 Å². The summed E-state index contributed by atoms with van der Waals surface area (Å²) in [6.07, 6.45) is 1.19. The smallest absolute Gasteiger partial charge is 0.417 e. The Morgan fingerprint density at radius 1 is 1.17 bits per heavy atom. The molecule has 3 atom stereocenters. The van der Waals surface area contributed by atoms with Gasteiger partial charge in [-0.05, 0) is 56.4 Å². The Morgan fingerprint density at radius 2 is 1.94 bits per heavy atom. The van der Waals surface area contributed by atoms with Crippen LogP contribution in [0.25, 0.3) is 11.5 Å². The summed E-state index contributed by atoms with van der Waals surface area (Å²) in [6, 6.07) is 5.70. The third-order valence-electron chi connectivity index (χ3n) is 6.42. The second kappa shape index (κ2) is 9.07. The molecular weight excluding hydrogens is 483 g/mol. The largest absolute Gasteiger partial charge is 0.471 e. The molecule has 7 nitrogen and oxygen atoms in total. The highest BCUT2D eigenvalue weighted by molar-refractivity contribution is 6.31. The Kier molecular flexibility index (Phi) is 6.08. The van der Waals surface area contributed by atoms with E-state index in [2.05, 4.69) is 19.9 Å². The number of amides is 1. The van der Waals surface area contributed by atoms with Gasteiger partial charge < -0.3 is 9.64 Å². The summed E-state index contributed by atoms with van der Waals surface area (Å²) in [7, 11) is 0. The normalized spacial score (nSPS) is 21.7. The Balaban J connectivity index is 1.42. The molecule has 35 heavy (non-hydrogen) atoms. The number of aromatic nitrogens is 4. The van der Waals surface area contributed by atoms with Crippen LogP contribution in [0.2, 0.25) is 5.02 Å². The van der Waals surface area contributed by atoms with Crippen LogP contribution >= 0.6 is 11.6 Å². The van der Waals surface area contributed by atoms with Crippen molar-refractivity contribution in [2.24, 2.45) is 5.92 Å². The third-order valence-corrected chi connectivity index (χ3v) is 6.69. The first-order valence-corrected chi connectivity index (χ1v) is 11.5. The number of hydrogen-bond donors (Lipinski definition) is 0. The van der Waals surface area contributed by atoms with Crippen molar-refractivity contribution >= 4 is 17.5 Å². The van der Waals surface area contributed by atoms with Crippen LogP contribution in [0.4, 0.5) is 13.2 Å². The fraction of sp³-hybridized carbons (Fsp3) is 0.375. The summed E-state index contributed by atoms with van der Waals surface area (Å²) >= 11 is 6.06. The Labute approximate surface area is 204 Å². The number of rotatable bonds is 4. The van der Waals surface area contributed by atoms with Crippen LogP contribution in [0, 0.1) is 12.8 Å². The average molecular weight is 504 g/mol. The molecule has 11 heteroatoms. The number of ether oxygens (including phenoxy) is 1. The zero-order valence-corrected chi connectivity index (χ0v) is 19.4. The van der Waals surface area contributed by atoms with E-state index < -0.39 is 17.8 Å². The lowest BCUT2D eigenvalue weighted by Gasteiger charge is -2.49. The fourth-order valence-corrected chi connectivity index (χ4v) is 4.99. The zero-order chi connectivity index (χ0) is 24.7. The molecule has 2 saturated heterocycles. The lowest BCUT2D eigenvalue weighted by molar-refractivity contribution is -0.137. The molecule has 3 fully saturated rings. The van der Waals surface area contributed by atoms with Crippen LogP contribution in [-0.4, -0.2) is 49.4 Å². The number of fused-ring (bicyclic) bond motifs is 3. The quantitative estimate of drug-likeness (QED) is 0.499. The number of carbonyl (C=O) groups excluding carboxylic acids is 1. The number of carbonyl (C=O) groups is 1. The summed E-state index contributed by atoms with van der Waals surface area (Å²) in [5.41, 5.74) is 0.577. The van der Waals surface area contributed by atoms with Crippen molar-refractivity contribution in [2.75, 3.05) is 6.54 Å². The van der Waals surface area contributed by atoms with Gasteiger partial charge in [-0.3, -0.25) is 4.79 Å². The topological polar surface area (TPSA) is 81.1 Å². The standard InChI is InChI=1S/C24H21ClF3N5O2/c1-13-3-5-16(20(32-13)21-29-7-2-8-30-21)23(34)33-12-14-4-6-18(33)19(9-14)35-22-17(25)10-15(11-31-22)24(26,27)28/h2-3,5,7-8,10-11,14,18-19H,4,6,9,12H2,1H3. The lowest BCUT2D eigenvalue weighted by Crippen LogP contribution is -2.59. The van der Waals surface area contributed by atoms with Crippen LogP contribution in [0.1, 0.15) is 40.9 Å². The van der Waals surface area contributed by atoms with Crippen LogP contribution in [0.3, 0.4) is 0 Å². The van der Waals surface area contributed by atoms with Gasteiger partial charge in [0.15, 0.2) is 5.82 Å². The zero-order valence-electron chi connectivity index (χ0n) is 18.7. The molecule has 2 bridgehead atoms. The number of aryl methyl sites for hydroxylation is 1. The SMILES string of the molecule is Cc1ccc(C(=O)N2CC3CCC2C(Oc2ncc(C(F)(F)F)cc2Cl)C3)c(-c2ncccn2)n1. The molecular formula is C24H21ClF3N5O2. The number of pyridine rings is 2. The second-order valence-corrected chi connectivity index (χ2v) is 9.20. The first kappa shape index (κ1) is 23.5. The van der Waals surface area contributed by atoms with Crippen molar-refractivity contribution in [3.05, 3.63) is 64.7 Å². The Hall–Kier alpha value is -3.27. The monoisotopic (exact) mass is 503 g/mol. The number of halogens is 4. The van der Waals surface area contributed by atoms with Crippen molar-refractivity contribution in [3.63, 3.8) is 0 Å². The summed E-state index contributed by atoms with van der Waals surface area (Å²) < 4.78 is 44.9. The average Bonchev–Trinajstić information content (AvgIpc) is 2.85. The van der Waals surface area contributed by atoms with Gasteiger partial charge >= 0.3 is 6.18 Å². The molecule has 6 rings (SSSR count). The van der Waals surface area contributed by atoms with Crippen molar-refractivity contribution in [2.45, 2.75) is 44.5 Å². The molecule has 0 N–H and O–H groups in total. The van der Waals surface area contributed by atoms with Gasteiger partial charge in [-0.1, -0.05) is 11.6 Å². The van der Waals surface area contributed by atoms with E-state index in [1.54, 1.807) is 35.5 Å². The second-order valence-electron chi connectivity index (χ2n) is 8.79. The van der Waals surface area contributed by atoms with Gasteiger partial charge in [0.25, 0.3) is 5.91 Å². The number of alkyl halides is 3. The van der Waals surface area contributed by atoms with E-state index in [0.717, 1.165) is 18.2 Å². The van der Waals surface area contributed by atoms with Crippen molar-refractivity contribution in [1.29, 1.82) is 0 Å². The number of nitrogens with zero attached hydrogens (tertiary/aromatic N) is 5. The lowest BCUT2D eigenvalue weighted by atomic mass is 9.77. The maximum absolute atomic E-state index is 13.7. The van der Waals surface area contributed by atoms with Gasteiger partial charge in [-0.15, -0.1) is 0 Å². The van der Waals surface area contributed by atoms with Gasteiger partial charge in [0.1, 0.15) is 16.8 Å². The van der Waals surface area contributed by atoms with Gasteiger partial charge in [0, 0.05) is 30.8 Å². The molecule has 1 aliphatic carbocycles. The molecule has 3 aromatic rings. The highest BCUT2D eigenvalue weighted by Crippen LogP contribution is 2.40. The van der Waals surface area contributed by atoms with Crippen molar-refractivity contribution in [1.82, 2.24) is 24.8 Å². The van der Waals surface area contributed by atoms with Crippen LogP contribution in [-0.2, 0) is 6.18 Å². The molecule has 5 heterocycles. The van der Waals surface area contributed by atoms with Gasteiger partial charge in [0.2, 0.25) is 5.88 Å². The minimum Gasteiger partial charge on any atom is -0.471 e. The Morgan fingerprint density at radius 3 is 2.63 bits per heavy atom. The van der Waals surface area contributed by atoms with E-state index in [4.69, 9.17) is 16.3 Å². The summed E-state index contributed by atoms with van der Waals surface area (Å²) in [4.78, 5) is 32.3. The minimum atomic E-state index is -4.55. The predicted molar refractivity (Wildman–Crippen MR) is 121 cm³/mol. The number of piperidine rings is 2. The Bertz CT molecular complexity index is 1260. The number of hydrogen-bond acceptors (Lipinski definition) is 6. The molecule has 0 spiro atoms. The molecule has 1 amide bonds. The molecule has 1 saturated carbocycles. The van der Waals surface area contributed by atoms with E-state index >= 15 is 0 Å². The van der Waals surface area contributed by atoms with Gasteiger partial charge in [-0.25, -0.2) is 19.9 Å². The first-order chi connectivity index (χ1) is 16.7. The summed E-state index contributed by atoms with van der Waals surface area (Å²) in [5, 5.41) is -0.217. The minimum absolute atomic E-state index is 0.0695. The summed E-state index contributed by atoms with van der Waals surface area (Å²) in [5.74, 6) is 0.265. The fourth-order valence-electron chi connectivity index (χ4n) is 4.78. The molecule has 3 aromatic heterocycles. The van der Waals surface area contributed by atoms with Crippen molar-refractivity contribution < 1.29 is 22.7 Å². The third kappa shape index (κ3) is 4.67. The highest BCUT2D eigenvalue weighted by atomic mass is 35.5. The van der Waals surface area contributed by atoms with E-state index in [9.17, 15) is 18.0 Å². The van der Waals surface area contributed by atoms with Crippen LogP contribution < -0.4 is 4.74 Å². The van der Waals surface area contributed by atoms with E-state index in [0.29, 0.717) is 42.7 Å². The van der Waals surface area contributed by atoms with E-state index in [-0.39, 0.29) is 28.8 Å². The molecule has 3 aliphatic rings. The summed E-state index contributed by atoms with van der Waals surface area (Å²) in [6.45, 7) is 2.38. The maximum Gasteiger partial charge on any atom is 0.417 e. The van der Waals surface area contributed by atoms with E-state index in [1.807, 2.05) is 6.92 Å². The van der Waals surface area contributed by atoms with E-state index in [1.165, 1.54) is 0 Å². The van der Waals surface area contributed by atoms with Crippen LogP contribution in [0.15, 0.2) is 42.9 Å². The van der Waals surface area contributed by atoms with Crippen LogP contribution in [0.5, 0.6) is 5.88 Å². The van der Waals surface area contributed by atoms with Gasteiger partial charge in [0.05, 0.1) is 17.2 Å². The molecule has 2 aliphatic heterocycles. The molecule has 3 unspecified atom stereocenters. The maximum atomic E-state index is 13.7. The predicted octanol–water partition coefficient (Wildman–Crippen LogP) is 4.99. The molecule has 0 radical (unpaired) electrons. The highest BCUT2D eigenvalue weighted by Gasteiger charge is 2.45. The first-order valence-electron chi connectivity index (χ1n) is 11.2. The molecule has 0 aromatic carbocycles. The van der Waals surface area contributed by atoms with Gasteiger partial charge in [-0.2, -0.15) is 13.2 Å².